The first kappa shape index (κ1) is 20.6. The zero-order chi connectivity index (χ0) is 19.8. The highest BCUT2D eigenvalue weighted by Crippen LogP contribution is 2.28. The SMILES string of the molecule is CCOC(=O)c1c(C)nn(C)c1NC(=O)NCC1CCCC(CN=C=O)C1. The maximum atomic E-state index is 12.3. The average Bonchev–Trinajstić information content (AvgIpc) is 2.92. The van der Waals surface area contributed by atoms with Crippen LogP contribution in [0.4, 0.5) is 10.6 Å². The predicted octanol–water partition coefficient (Wildman–Crippen LogP) is 2.17. The van der Waals surface area contributed by atoms with Crippen LogP contribution in [0.2, 0.25) is 0 Å². The van der Waals surface area contributed by atoms with Crippen molar-refractivity contribution in [3.05, 3.63) is 11.3 Å². The number of amides is 2. The standard InChI is InChI=1S/C18H27N5O4/c1-4-27-17(25)15-12(2)22-23(3)16(15)21-18(26)20-10-14-7-5-6-13(8-14)9-19-11-24/h13-14H,4-10H2,1-3H3,(H2,20,21,26). The summed E-state index contributed by atoms with van der Waals surface area (Å²) in [6, 6.07) is -0.392. The van der Waals surface area contributed by atoms with Crippen LogP contribution in [-0.2, 0) is 16.6 Å². The van der Waals surface area contributed by atoms with Gasteiger partial charge in [-0.1, -0.05) is 6.42 Å². The first-order valence-corrected chi connectivity index (χ1v) is 9.25. The number of nitrogens with zero attached hydrogens (tertiary/aromatic N) is 3. The molecule has 2 amide bonds. The lowest BCUT2D eigenvalue weighted by Gasteiger charge is -2.28. The Bertz CT molecular complexity index is 724. The Morgan fingerprint density at radius 1 is 1.37 bits per heavy atom. The summed E-state index contributed by atoms with van der Waals surface area (Å²) in [7, 11) is 1.66. The van der Waals surface area contributed by atoms with E-state index in [2.05, 4.69) is 20.7 Å². The molecular weight excluding hydrogens is 350 g/mol. The highest BCUT2D eigenvalue weighted by molar-refractivity contribution is 6.00. The first-order valence-electron chi connectivity index (χ1n) is 9.25. The molecule has 0 bridgehead atoms. The molecule has 148 valence electrons. The second-order valence-corrected chi connectivity index (χ2v) is 6.82. The number of nitrogens with one attached hydrogen (secondary N) is 2. The number of anilines is 1. The summed E-state index contributed by atoms with van der Waals surface area (Å²) in [5.74, 6) is 0.508. The third-order valence-corrected chi connectivity index (χ3v) is 4.79. The van der Waals surface area contributed by atoms with Crippen molar-refractivity contribution in [2.24, 2.45) is 23.9 Å². The normalized spacial score (nSPS) is 19.1. The minimum Gasteiger partial charge on any atom is -0.462 e. The maximum Gasteiger partial charge on any atom is 0.343 e. The van der Waals surface area contributed by atoms with Crippen molar-refractivity contribution in [3.8, 4) is 0 Å². The minimum absolute atomic E-state index is 0.246. The molecule has 2 N–H and O–H groups in total. The quantitative estimate of drug-likeness (QED) is 0.429. The fourth-order valence-electron chi connectivity index (χ4n) is 3.56. The van der Waals surface area contributed by atoms with Gasteiger partial charge in [0.2, 0.25) is 6.08 Å². The third-order valence-electron chi connectivity index (χ3n) is 4.79. The second kappa shape index (κ2) is 9.87. The van der Waals surface area contributed by atoms with Crippen molar-refractivity contribution >= 4 is 23.9 Å². The molecule has 9 heteroatoms. The molecule has 1 aromatic rings. The topological polar surface area (TPSA) is 115 Å². The van der Waals surface area contributed by atoms with E-state index in [1.54, 1.807) is 27.0 Å². The third kappa shape index (κ3) is 5.65. The Balaban J connectivity index is 1.92. The monoisotopic (exact) mass is 377 g/mol. The van der Waals surface area contributed by atoms with Crippen molar-refractivity contribution in [1.82, 2.24) is 15.1 Å². The number of rotatable bonds is 7. The molecule has 9 nitrogen and oxygen atoms in total. The van der Waals surface area contributed by atoms with E-state index in [0.717, 1.165) is 25.7 Å². The number of aromatic nitrogens is 2. The molecule has 0 saturated heterocycles. The number of aliphatic imine (C=N–C) groups is 1. The predicted molar refractivity (Wildman–Crippen MR) is 99.4 cm³/mol. The van der Waals surface area contributed by atoms with E-state index < -0.39 is 12.0 Å². The van der Waals surface area contributed by atoms with Crippen LogP contribution < -0.4 is 10.6 Å². The minimum atomic E-state index is -0.510. The van der Waals surface area contributed by atoms with Gasteiger partial charge < -0.3 is 10.1 Å². The highest BCUT2D eigenvalue weighted by atomic mass is 16.5. The molecule has 2 rings (SSSR count). The Kier molecular flexibility index (Phi) is 7.55. The van der Waals surface area contributed by atoms with Gasteiger partial charge in [0.1, 0.15) is 11.4 Å². The van der Waals surface area contributed by atoms with Gasteiger partial charge in [0.25, 0.3) is 0 Å². The molecule has 1 saturated carbocycles. The summed E-state index contributed by atoms with van der Waals surface area (Å²) < 4.78 is 6.50. The number of carbonyl (C=O) groups is 2. The lowest BCUT2D eigenvalue weighted by Crippen LogP contribution is -2.35. The molecule has 1 aromatic heterocycles. The van der Waals surface area contributed by atoms with Gasteiger partial charge in [-0.25, -0.2) is 19.4 Å². The summed E-state index contributed by atoms with van der Waals surface area (Å²) in [6.07, 6.45) is 5.64. The lowest BCUT2D eigenvalue weighted by molar-refractivity contribution is 0.0526. The molecule has 0 aromatic carbocycles. The Morgan fingerprint density at radius 3 is 2.81 bits per heavy atom. The van der Waals surface area contributed by atoms with Crippen molar-refractivity contribution in [2.45, 2.75) is 39.5 Å². The number of ether oxygens (including phenoxy) is 1. The van der Waals surface area contributed by atoms with E-state index in [4.69, 9.17) is 4.74 Å². The summed E-state index contributed by atoms with van der Waals surface area (Å²) >= 11 is 0. The van der Waals surface area contributed by atoms with Gasteiger partial charge >= 0.3 is 12.0 Å². The van der Waals surface area contributed by atoms with E-state index in [1.165, 1.54) is 4.68 Å². The number of esters is 1. The van der Waals surface area contributed by atoms with Crippen LogP contribution in [-0.4, -0.2) is 47.6 Å². The molecule has 0 spiro atoms. The van der Waals surface area contributed by atoms with Crippen molar-refractivity contribution < 1.29 is 19.1 Å². The van der Waals surface area contributed by atoms with Crippen LogP contribution in [0.1, 0.15) is 48.7 Å². The largest absolute Gasteiger partial charge is 0.462 e. The number of aryl methyl sites for hydroxylation is 2. The Hall–Kier alpha value is -2.67. The van der Waals surface area contributed by atoms with E-state index >= 15 is 0 Å². The lowest BCUT2D eigenvalue weighted by atomic mass is 9.81. The number of hydrogen-bond acceptors (Lipinski definition) is 6. The molecule has 2 atom stereocenters. The molecule has 1 aliphatic rings. The van der Waals surface area contributed by atoms with Gasteiger partial charge in [-0.05, 0) is 44.9 Å². The van der Waals surface area contributed by atoms with Crippen LogP contribution >= 0.6 is 0 Å². The van der Waals surface area contributed by atoms with Crippen molar-refractivity contribution in [3.63, 3.8) is 0 Å². The van der Waals surface area contributed by atoms with E-state index in [9.17, 15) is 14.4 Å². The van der Waals surface area contributed by atoms with Crippen LogP contribution in [0, 0.1) is 18.8 Å². The number of hydrogen-bond donors (Lipinski definition) is 2. The molecule has 1 fully saturated rings. The van der Waals surface area contributed by atoms with Crippen LogP contribution in [0.25, 0.3) is 0 Å². The molecule has 1 aliphatic carbocycles. The number of isocyanates is 1. The average molecular weight is 377 g/mol. The van der Waals surface area contributed by atoms with Gasteiger partial charge in [0.05, 0.1) is 18.8 Å². The zero-order valence-electron chi connectivity index (χ0n) is 16.1. The number of urea groups is 1. The highest BCUT2D eigenvalue weighted by Gasteiger charge is 2.25. The molecule has 1 heterocycles. The van der Waals surface area contributed by atoms with Gasteiger partial charge in [0, 0.05) is 13.6 Å². The number of carbonyl (C=O) groups excluding carboxylic acids is 3. The fraction of sp³-hybridized carbons (Fsp3) is 0.667. The van der Waals surface area contributed by atoms with Gasteiger partial charge in [-0.2, -0.15) is 5.10 Å². The Labute approximate surface area is 158 Å². The summed E-state index contributed by atoms with van der Waals surface area (Å²) in [5.41, 5.74) is 0.760. The van der Waals surface area contributed by atoms with Gasteiger partial charge in [0.15, 0.2) is 0 Å². The molecule has 2 unspecified atom stereocenters. The zero-order valence-corrected chi connectivity index (χ0v) is 16.1. The summed E-state index contributed by atoms with van der Waals surface area (Å²) in [4.78, 5) is 38.4. The van der Waals surface area contributed by atoms with Crippen molar-refractivity contribution in [2.75, 3.05) is 25.0 Å². The fourth-order valence-corrected chi connectivity index (χ4v) is 3.56. The van der Waals surface area contributed by atoms with Crippen LogP contribution in [0.3, 0.4) is 0 Å². The first-order chi connectivity index (χ1) is 13.0. The summed E-state index contributed by atoms with van der Waals surface area (Å²) in [5, 5.41) is 9.75. The van der Waals surface area contributed by atoms with Crippen molar-refractivity contribution in [1.29, 1.82) is 0 Å². The Morgan fingerprint density at radius 2 is 2.11 bits per heavy atom. The summed E-state index contributed by atoms with van der Waals surface area (Å²) in [6.45, 7) is 4.69. The maximum absolute atomic E-state index is 12.3. The molecule has 0 radical (unpaired) electrons. The van der Waals surface area contributed by atoms with Gasteiger partial charge in [-0.15, -0.1) is 0 Å². The van der Waals surface area contributed by atoms with E-state index in [0.29, 0.717) is 36.4 Å². The van der Waals surface area contributed by atoms with Crippen LogP contribution in [0.15, 0.2) is 4.99 Å². The molecule has 0 aliphatic heterocycles. The molecule has 27 heavy (non-hydrogen) atoms. The second-order valence-electron chi connectivity index (χ2n) is 6.82. The van der Waals surface area contributed by atoms with Gasteiger partial charge in [-0.3, -0.25) is 10.00 Å². The molecular formula is C18H27N5O4. The smallest absolute Gasteiger partial charge is 0.343 e. The van der Waals surface area contributed by atoms with Crippen LogP contribution in [0.5, 0.6) is 0 Å². The van der Waals surface area contributed by atoms with E-state index in [-0.39, 0.29) is 12.2 Å². The van der Waals surface area contributed by atoms with E-state index in [1.807, 2.05) is 0 Å².